The Kier molecular flexibility index (Phi) is 3.53. The lowest BCUT2D eigenvalue weighted by atomic mass is 10.0. The molecule has 2 heterocycles. The van der Waals surface area contributed by atoms with Crippen LogP contribution in [0.15, 0.2) is 29.6 Å². The molecule has 3 rings (SSSR count). The summed E-state index contributed by atoms with van der Waals surface area (Å²) in [6.45, 7) is 2.01. The maximum Gasteiger partial charge on any atom is 0.253 e. The standard InChI is InChI=1S/C15H18N2OS/c1-17(13-4-7-16-8-5-13)15(18)12-2-3-14-11(10-12)6-9-19-14/h2-3,6,9-10,13,16H,4-5,7-8H2,1H3. The van der Waals surface area contributed by atoms with Crippen molar-refractivity contribution in [1.82, 2.24) is 10.2 Å². The number of carbonyl (C=O) groups excluding carboxylic acids is 1. The van der Waals surface area contributed by atoms with Gasteiger partial charge >= 0.3 is 0 Å². The quantitative estimate of drug-likeness (QED) is 0.913. The van der Waals surface area contributed by atoms with Crippen molar-refractivity contribution < 1.29 is 4.79 Å². The number of hydrogen-bond donors (Lipinski definition) is 1. The van der Waals surface area contributed by atoms with Gasteiger partial charge in [0.15, 0.2) is 0 Å². The zero-order valence-corrected chi connectivity index (χ0v) is 11.9. The van der Waals surface area contributed by atoms with Gasteiger partial charge in [-0.3, -0.25) is 4.79 Å². The summed E-state index contributed by atoms with van der Waals surface area (Å²) in [5.74, 6) is 0.139. The topological polar surface area (TPSA) is 32.3 Å². The van der Waals surface area contributed by atoms with Crippen molar-refractivity contribution >= 4 is 27.3 Å². The minimum absolute atomic E-state index is 0.139. The van der Waals surface area contributed by atoms with E-state index in [1.807, 2.05) is 30.1 Å². The SMILES string of the molecule is CN(C(=O)c1ccc2sccc2c1)C1CCNCC1. The van der Waals surface area contributed by atoms with Crippen LogP contribution in [-0.2, 0) is 0 Å². The van der Waals surface area contributed by atoms with Crippen LogP contribution < -0.4 is 5.32 Å². The first kappa shape index (κ1) is 12.6. The van der Waals surface area contributed by atoms with Gasteiger partial charge < -0.3 is 10.2 Å². The van der Waals surface area contributed by atoms with E-state index >= 15 is 0 Å². The predicted octanol–water partition coefficient (Wildman–Crippen LogP) is 2.73. The zero-order chi connectivity index (χ0) is 13.2. The number of thiophene rings is 1. The molecule has 1 aromatic heterocycles. The van der Waals surface area contributed by atoms with Gasteiger partial charge in [-0.05, 0) is 61.0 Å². The van der Waals surface area contributed by atoms with Crippen LogP contribution in [0, 0.1) is 0 Å². The van der Waals surface area contributed by atoms with Crippen molar-refractivity contribution in [3.05, 3.63) is 35.2 Å². The number of amides is 1. The molecule has 2 aromatic rings. The molecule has 100 valence electrons. The minimum Gasteiger partial charge on any atom is -0.339 e. The first-order valence-electron chi connectivity index (χ1n) is 6.71. The Bertz CT molecular complexity index is 587. The molecule has 0 aliphatic carbocycles. The summed E-state index contributed by atoms with van der Waals surface area (Å²) in [5, 5.41) is 6.56. The second-order valence-electron chi connectivity index (χ2n) is 5.07. The van der Waals surface area contributed by atoms with Gasteiger partial charge in [0, 0.05) is 23.4 Å². The highest BCUT2D eigenvalue weighted by molar-refractivity contribution is 7.17. The molecule has 3 nitrogen and oxygen atoms in total. The van der Waals surface area contributed by atoms with Gasteiger partial charge in [-0.25, -0.2) is 0 Å². The number of rotatable bonds is 2. The fraction of sp³-hybridized carbons (Fsp3) is 0.400. The molecule has 0 radical (unpaired) electrons. The van der Waals surface area contributed by atoms with Crippen LogP contribution in [0.25, 0.3) is 10.1 Å². The van der Waals surface area contributed by atoms with E-state index in [9.17, 15) is 4.79 Å². The highest BCUT2D eigenvalue weighted by Gasteiger charge is 2.22. The highest BCUT2D eigenvalue weighted by atomic mass is 32.1. The molecular formula is C15H18N2OS. The molecule has 1 fully saturated rings. The fourth-order valence-electron chi connectivity index (χ4n) is 2.66. The molecule has 1 aliphatic heterocycles. The average Bonchev–Trinajstić information content (AvgIpc) is 2.94. The van der Waals surface area contributed by atoms with Gasteiger partial charge in [0.05, 0.1) is 0 Å². The van der Waals surface area contributed by atoms with Crippen molar-refractivity contribution in [1.29, 1.82) is 0 Å². The van der Waals surface area contributed by atoms with E-state index < -0.39 is 0 Å². The van der Waals surface area contributed by atoms with E-state index in [-0.39, 0.29) is 5.91 Å². The number of carbonyl (C=O) groups is 1. The third kappa shape index (κ3) is 2.51. The molecule has 4 heteroatoms. The molecule has 1 saturated heterocycles. The van der Waals surface area contributed by atoms with E-state index in [4.69, 9.17) is 0 Å². The van der Waals surface area contributed by atoms with Crippen molar-refractivity contribution in [2.75, 3.05) is 20.1 Å². The van der Waals surface area contributed by atoms with E-state index in [2.05, 4.69) is 16.8 Å². The third-order valence-corrected chi connectivity index (χ3v) is 4.77. The molecule has 19 heavy (non-hydrogen) atoms. The monoisotopic (exact) mass is 274 g/mol. The number of fused-ring (bicyclic) bond motifs is 1. The van der Waals surface area contributed by atoms with Crippen molar-refractivity contribution in [3.63, 3.8) is 0 Å². The Labute approximate surface area is 117 Å². The maximum absolute atomic E-state index is 12.5. The summed E-state index contributed by atoms with van der Waals surface area (Å²) in [6, 6.07) is 8.43. The number of nitrogens with one attached hydrogen (secondary N) is 1. The molecule has 0 bridgehead atoms. The lowest BCUT2D eigenvalue weighted by Crippen LogP contribution is -2.43. The Hall–Kier alpha value is -1.39. The Morgan fingerprint density at radius 1 is 1.32 bits per heavy atom. The lowest BCUT2D eigenvalue weighted by Gasteiger charge is -2.31. The van der Waals surface area contributed by atoms with Gasteiger partial charge in [-0.1, -0.05) is 0 Å². The van der Waals surface area contributed by atoms with Gasteiger partial charge in [0.2, 0.25) is 0 Å². The zero-order valence-electron chi connectivity index (χ0n) is 11.1. The van der Waals surface area contributed by atoms with E-state index in [0.717, 1.165) is 36.9 Å². The van der Waals surface area contributed by atoms with Crippen molar-refractivity contribution in [3.8, 4) is 0 Å². The molecule has 0 atom stereocenters. The van der Waals surface area contributed by atoms with Gasteiger partial charge in [0.25, 0.3) is 5.91 Å². The van der Waals surface area contributed by atoms with Gasteiger partial charge in [0.1, 0.15) is 0 Å². The number of nitrogens with zero attached hydrogens (tertiary/aromatic N) is 1. The summed E-state index contributed by atoms with van der Waals surface area (Å²) in [6.07, 6.45) is 2.09. The lowest BCUT2D eigenvalue weighted by molar-refractivity contribution is 0.0703. The first-order valence-corrected chi connectivity index (χ1v) is 7.59. The Balaban J connectivity index is 1.81. The van der Waals surface area contributed by atoms with Crippen LogP contribution in [0.3, 0.4) is 0 Å². The molecule has 0 unspecified atom stereocenters. The summed E-state index contributed by atoms with van der Waals surface area (Å²) >= 11 is 1.71. The number of hydrogen-bond acceptors (Lipinski definition) is 3. The number of piperidine rings is 1. The van der Waals surface area contributed by atoms with Crippen LogP contribution >= 0.6 is 11.3 Å². The van der Waals surface area contributed by atoms with E-state index in [1.165, 1.54) is 4.70 Å². The summed E-state index contributed by atoms with van der Waals surface area (Å²) < 4.78 is 1.24. The average molecular weight is 274 g/mol. The van der Waals surface area contributed by atoms with Crippen LogP contribution in [0.4, 0.5) is 0 Å². The first-order chi connectivity index (χ1) is 9.25. The summed E-state index contributed by atoms with van der Waals surface area (Å²) in [4.78, 5) is 14.4. The predicted molar refractivity (Wildman–Crippen MR) is 79.8 cm³/mol. The van der Waals surface area contributed by atoms with Crippen LogP contribution in [0.1, 0.15) is 23.2 Å². The smallest absolute Gasteiger partial charge is 0.253 e. The van der Waals surface area contributed by atoms with Crippen LogP contribution in [0.2, 0.25) is 0 Å². The molecule has 0 spiro atoms. The summed E-state index contributed by atoms with van der Waals surface area (Å²) in [5.41, 5.74) is 0.798. The minimum atomic E-state index is 0.139. The van der Waals surface area contributed by atoms with E-state index in [0.29, 0.717) is 6.04 Å². The van der Waals surface area contributed by atoms with Crippen molar-refractivity contribution in [2.45, 2.75) is 18.9 Å². The second kappa shape index (κ2) is 5.31. The molecule has 1 aromatic carbocycles. The third-order valence-electron chi connectivity index (χ3n) is 3.88. The molecular weight excluding hydrogens is 256 g/mol. The molecule has 0 saturated carbocycles. The maximum atomic E-state index is 12.5. The Morgan fingerprint density at radius 2 is 2.11 bits per heavy atom. The fourth-order valence-corrected chi connectivity index (χ4v) is 3.43. The second-order valence-corrected chi connectivity index (χ2v) is 6.02. The van der Waals surface area contributed by atoms with Crippen molar-refractivity contribution in [2.24, 2.45) is 0 Å². The van der Waals surface area contributed by atoms with Gasteiger partial charge in [-0.2, -0.15) is 0 Å². The van der Waals surface area contributed by atoms with Crippen LogP contribution in [-0.4, -0.2) is 37.0 Å². The normalized spacial score (nSPS) is 16.7. The van der Waals surface area contributed by atoms with Gasteiger partial charge in [-0.15, -0.1) is 11.3 Å². The highest BCUT2D eigenvalue weighted by Crippen LogP contribution is 2.23. The molecule has 1 aliphatic rings. The molecule has 1 amide bonds. The Morgan fingerprint density at radius 3 is 2.89 bits per heavy atom. The molecule has 1 N–H and O–H groups in total. The summed E-state index contributed by atoms with van der Waals surface area (Å²) in [7, 11) is 1.93. The largest absolute Gasteiger partial charge is 0.339 e. The number of benzene rings is 1. The van der Waals surface area contributed by atoms with E-state index in [1.54, 1.807) is 11.3 Å². The van der Waals surface area contributed by atoms with Crippen LogP contribution in [0.5, 0.6) is 0 Å².